The summed E-state index contributed by atoms with van der Waals surface area (Å²) >= 11 is 2.90. The number of aryl methyl sites for hydroxylation is 1. The SMILES string of the molecule is Cc1nnc(SCc2cccc(C#N)c2F)s1. The lowest BCUT2D eigenvalue weighted by Gasteiger charge is -2.01. The van der Waals surface area contributed by atoms with Crippen molar-refractivity contribution in [2.45, 2.75) is 17.0 Å². The molecule has 0 N–H and O–H groups in total. The number of thioether (sulfide) groups is 1. The summed E-state index contributed by atoms with van der Waals surface area (Å²) in [7, 11) is 0. The number of halogens is 1. The van der Waals surface area contributed by atoms with Gasteiger partial charge < -0.3 is 0 Å². The first-order chi connectivity index (χ1) is 8.20. The predicted molar refractivity (Wildman–Crippen MR) is 65.3 cm³/mol. The van der Waals surface area contributed by atoms with Crippen molar-refractivity contribution in [1.29, 1.82) is 5.26 Å². The van der Waals surface area contributed by atoms with Crippen molar-refractivity contribution in [2.24, 2.45) is 0 Å². The van der Waals surface area contributed by atoms with Gasteiger partial charge in [-0.2, -0.15) is 5.26 Å². The van der Waals surface area contributed by atoms with Crippen molar-refractivity contribution in [3.63, 3.8) is 0 Å². The van der Waals surface area contributed by atoms with E-state index in [0.29, 0.717) is 11.3 Å². The minimum absolute atomic E-state index is 0.0801. The van der Waals surface area contributed by atoms with Gasteiger partial charge in [0, 0.05) is 5.75 Å². The van der Waals surface area contributed by atoms with Crippen LogP contribution in [0.2, 0.25) is 0 Å². The lowest BCUT2D eigenvalue weighted by molar-refractivity contribution is 0.613. The molecule has 1 aromatic carbocycles. The first kappa shape index (κ1) is 12.0. The molecule has 1 heterocycles. The highest BCUT2D eigenvalue weighted by Crippen LogP contribution is 2.27. The second-order valence-electron chi connectivity index (χ2n) is 3.27. The second-order valence-corrected chi connectivity index (χ2v) is 5.67. The molecule has 0 atom stereocenters. The van der Waals surface area contributed by atoms with E-state index in [9.17, 15) is 4.39 Å². The minimum Gasteiger partial charge on any atom is -0.205 e. The van der Waals surface area contributed by atoms with Gasteiger partial charge in [-0.05, 0) is 18.6 Å². The molecule has 0 bridgehead atoms. The van der Waals surface area contributed by atoms with Crippen molar-refractivity contribution < 1.29 is 4.39 Å². The van der Waals surface area contributed by atoms with Crippen molar-refractivity contribution in [3.8, 4) is 6.07 Å². The summed E-state index contributed by atoms with van der Waals surface area (Å²) in [5.74, 6) is 0.0134. The van der Waals surface area contributed by atoms with Gasteiger partial charge in [0.2, 0.25) is 0 Å². The highest BCUT2D eigenvalue weighted by atomic mass is 32.2. The highest BCUT2D eigenvalue weighted by molar-refractivity contribution is 8.00. The summed E-state index contributed by atoms with van der Waals surface area (Å²) in [4.78, 5) is 0. The molecular formula is C11H8FN3S2. The van der Waals surface area contributed by atoms with Gasteiger partial charge in [0.1, 0.15) is 16.9 Å². The Morgan fingerprint density at radius 1 is 1.47 bits per heavy atom. The lowest BCUT2D eigenvalue weighted by atomic mass is 10.1. The molecule has 1 aromatic heterocycles. The van der Waals surface area contributed by atoms with Crippen molar-refractivity contribution in [1.82, 2.24) is 10.2 Å². The Hall–Kier alpha value is -1.45. The third kappa shape index (κ3) is 2.81. The van der Waals surface area contributed by atoms with Crippen LogP contribution in [0.15, 0.2) is 22.5 Å². The number of nitriles is 1. The third-order valence-electron chi connectivity index (χ3n) is 2.06. The average Bonchev–Trinajstić information content (AvgIpc) is 2.74. The second kappa shape index (κ2) is 5.25. The smallest absolute Gasteiger partial charge is 0.174 e. The fourth-order valence-electron chi connectivity index (χ4n) is 1.25. The standard InChI is InChI=1S/C11H8FN3S2/c1-7-14-15-11(17-7)16-6-9-4-2-3-8(5-13)10(9)12/h2-4H,6H2,1H3. The molecule has 0 amide bonds. The molecule has 0 radical (unpaired) electrons. The molecule has 0 aliphatic rings. The minimum atomic E-state index is -0.441. The van der Waals surface area contributed by atoms with E-state index in [2.05, 4.69) is 10.2 Å². The quantitative estimate of drug-likeness (QED) is 0.800. The largest absolute Gasteiger partial charge is 0.205 e. The summed E-state index contributed by atoms with van der Waals surface area (Å²) in [5, 5.41) is 17.4. The Balaban J connectivity index is 2.12. The van der Waals surface area contributed by atoms with Gasteiger partial charge >= 0.3 is 0 Å². The van der Waals surface area contributed by atoms with E-state index in [-0.39, 0.29) is 5.56 Å². The van der Waals surface area contributed by atoms with Gasteiger partial charge in [0.25, 0.3) is 0 Å². The maximum Gasteiger partial charge on any atom is 0.174 e. The van der Waals surface area contributed by atoms with Crippen LogP contribution in [-0.2, 0) is 5.75 Å². The van der Waals surface area contributed by atoms with E-state index in [1.807, 2.05) is 13.0 Å². The van der Waals surface area contributed by atoms with Crippen molar-refractivity contribution in [2.75, 3.05) is 0 Å². The number of hydrogen-bond donors (Lipinski definition) is 0. The summed E-state index contributed by atoms with van der Waals surface area (Å²) in [6.45, 7) is 1.87. The van der Waals surface area contributed by atoms with Crippen LogP contribution in [-0.4, -0.2) is 10.2 Å². The lowest BCUT2D eigenvalue weighted by Crippen LogP contribution is -1.91. The molecule has 2 rings (SSSR count). The Labute approximate surface area is 106 Å². The normalized spacial score (nSPS) is 10.2. The zero-order valence-electron chi connectivity index (χ0n) is 8.98. The zero-order chi connectivity index (χ0) is 12.3. The number of nitrogens with zero attached hydrogens (tertiary/aromatic N) is 3. The van der Waals surface area contributed by atoms with Crippen LogP contribution in [0, 0.1) is 24.1 Å². The van der Waals surface area contributed by atoms with Gasteiger partial charge in [-0.3, -0.25) is 0 Å². The molecule has 0 unspecified atom stereocenters. The molecule has 0 saturated carbocycles. The van der Waals surface area contributed by atoms with Crippen LogP contribution in [0.3, 0.4) is 0 Å². The van der Waals surface area contributed by atoms with Gasteiger partial charge in [0.15, 0.2) is 4.34 Å². The summed E-state index contributed by atoms with van der Waals surface area (Å²) in [6, 6.07) is 6.66. The predicted octanol–water partition coefficient (Wildman–Crippen LogP) is 3.15. The highest BCUT2D eigenvalue weighted by Gasteiger charge is 2.09. The Morgan fingerprint density at radius 2 is 2.29 bits per heavy atom. The van der Waals surface area contributed by atoms with Gasteiger partial charge in [-0.1, -0.05) is 35.2 Å². The van der Waals surface area contributed by atoms with Crippen LogP contribution < -0.4 is 0 Å². The van der Waals surface area contributed by atoms with Crippen LogP contribution in [0.1, 0.15) is 16.1 Å². The average molecular weight is 265 g/mol. The van der Waals surface area contributed by atoms with Crippen LogP contribution >= 0.6 is 23.1 Å². The fourth-order valence-corrected chi connectivity index (χ4v) is 3.04. The Morgan fingerprint density at radius 3 is 2.94 bits per heavy atom. The van der Waals surface area contributed by atoms with Crippen LogP contribution in [0.5, 0.6) is 0 Å². The van der Waals surface area contributed by atoms with Gasteiger partial charge in [-0.15, -0.1) is 10.2 Å². The van der Waals surface area contributed by atoms with E-state index >= 15 is 0 Å². The maximum atomic E-state index is 13.7. The van der Waals surface area contributed by atoms with Crippen molar-refractivity contribution in [3.05, 3.63) is 40.2 Å². The topological polar surface area (TPSA) is 49.6 Å². The molecule has 3 nitrogen and oxygen atoms in total. The molecule has 6 heteroatoms. The monoisotopic (exact) mass is 265 g/mol. The van der Waals surface area contributed by atoms with Crippen molar-refractivity contribution >= 4 is 23.1 Å². The molecule has 17 heavy (non-hydrogen) atoms. The van der Waals surface area contributed by atoms with E-state index in [4.69, 9.17) is 5.26 Å². The zero-order valence-corrected chi connectivity index (χ0v) is 10.6. The maximum absolute atomic E-state index is 13.7. The summed E-state index contributed by atoms with van der Waals surface area (Å²) < 4.78 is 14.5. The number of rotatable bonds is 3. The molecule has 0 aliphatic carbocycles. The van der Waals surface area contributed by atoms with Crippen LogP contribution in [0.25, 0.3) is 0 Å². The van der Waals surface area contributed by atoms with E-state index < -0.39 is 5.82 Å². The summed E-state index contributed by atoms with van der Waals surface area (Å²) in [6.07, 6.45) is 0. The molecule has 86 valence electrons. The first-order valence-electron chi connectivity index (χ1n) is 4.81. The molecule has 2 aromatic rings. The van der Waals surface area contributed by atoms with Crippen LogP contribution in [0.4, 0.5) is 4.39 Å². The Bertz CT molecular complexity index is 574. The molecule has 0 saturated heterocycles. The van der Waals surface area contributed by atoms with E-state index in [0.717, 1.165) is 9.35 Å². The third-order valence-corrected chi connectivity index (χ3v) is 4.08. The molecule has 0 spiro atoms. The fraction of sp³-hybridized carbons (Fsp3) is 0.182. The number of benzene rings is 1. The Kier molecular flexibility index (Phi) is 3.71. The van der Waals surface area contributed by atoms with E-state index in [1.165, 1.54) is 29.2 Å². The van der Waals surface area contributed by atoms with E-state index in [1.54, 1.807) is 12.1 Å². The van der Waals surface area contributed by atoms with Gasteiger partial charge in [-0.25, -0.2) is 4.39 Å². The molecular weight excluding hydrogens is 257 g/mol. The van der Waals surface area contributed by atoms with Gasteiger partial charge in [0.05, 0.1) is 5.56 Å². The number of hydrogen-bond acceptors (Lipinski definition) is 5. The molecule has 0 fully saturated rings. The first-order valence-corrected chi connectivity index (χ1v) is 6.61. The number of aromatic nitrogens is 2. The molecule has 0 aliphatic heterocycles. The summed E-state index contributed by atoms with van der Waals surface area (Å²) in [5.41, 5.74) is 0.596.